The number of aromatic amines is 1. The van der Waals surface area contributed by atoms with Crippen molar-refractivity contribution in [2.45, 2.75) is 27.7 Å². The van der Waals surface area contributed by atoms with Gasteiger partial charge in [0.2, 0.25) is 0 Å². The Morgan fingerprint density at radius 1 is 1.24 bits per heavy atom. The SMILES string of the molecule is CC[NH+](CC)CCNC(=O)c1c(C)[nH]c(/C=C2\C(=O)Nc3ccc(F)cc32)c1C. The second kappa shape index (κ2) is 8.61. The highest BCUT2D eigenvalue weighted by Crippen LogP contribution is 2.34. The number of likely N-dealkylation sites (N-methyl/N-ethyl adjacent to an activating group) is 1. The number of aromatic nitrogens is 1. The van der Waals surface area contributed by atoms with Crippen LogP contribution >= 0.6 is 0 Å². The van der Waals surface area contributed by atoms with E-state index in [1.54, 1.807) is 12.1 Å². The predicted molar refractivity (Wildman–Crippen MR) is 112 cm³/mol. The van der Waals surface area contributed by atoms with Gasteiger partial charge in [-0.15, -0.1) is 0 Å². The average Bonchev–Trinajstić information content (AvgIpc) is 3.14. The molecule has 1 aliphatic rings. The normalized spacial score (nSPS) is 14.4. The second-order valence-electron chi connectivity index (χ2n) is 7.33. The van der Waals surface area contributed by atoms with Crippen molar-refractivity contribution in [1.29, 1.82) is 0 Å². The number of hydrogen-bond donors (Lipinski definition) is 4. The third kappa shape index (κ3) is 4.24. The Labute approximate surface area is 170 Å². The number of aryl methyl sites for hydroxylation is 1. The number of H-pyrrole nitrogens is 1. The van der Waals surface area contributed by atoms with E-state index in [0.29, 0.717) is 34.6 Å². The lowest BCUT2D eigenvalue weighted by Crippen LogP contribution is -3.12. The topological polar surface area (TPSA) is 78.4 Å². The molecule has 0 aliphatic carbocycles. The fraction of sp³-hybridized carbons (Fsp3) is 0.364. The summed E-state index contributed by atoms with van der Waals surface area (Å²) in [5, 5.41) is 5.73. The van der Waals surface area contributed by atoms with Gasteiger partial charge in [-0.25, -0.2) is 4.39 Å². The number of fused-ring (bicyclic) bond motifs is 1. The first-order chi connectivity index (χ1) is 13.8. The molecule has 4 N–H and O–H groups in total. The maximum Gasteiger partial charge on any atom is 0.256 e. The summed E-state index contributed by atoms with van der Waals surface area (Å²) in [7, 11) is 0. The van der Waals surface area contributed by atoms with Gasteiger partial charge in [0.15, 0.2) is 0 Å². The zero-order valence-corrected chi connectivity index (χ0v) is 17.3. The van der Waals surface area contributed by atoms with E-state index in [1.807, 2.05) is 13.8 Å². The van der Waals surface area contributed by atoms with Crippen molar-refractivity contribution in [3.8, 4) is 0 Å². The van der Waals surface area contributed by atoms with Gasteiger partial charge in [0, 0.05) is 22.6 Å². The fourth-order valence-electron chi connectivity index (χ4n) is 3.75. The molecule has 6 nitrogen and oxygen atoms in total. The maximum absolute atomic E-state index is 13.7. The van der Waals surface area contributed by atoms with E-state index in [1.165, 1.54) is 17.0 Å². The van der Waals surface area contributed by atoms with Crippen molar-refractivity contribution in [2.24, 2.45) is 0 Å². The van der Waals surface area contributed by atoms with Crippen LogP contribution in [0.25, 0.3) is 11.6 Å². The van der Waals surface area contributed by atoms with Crippen LogP contribution in [0.4, 0.5) is 10.1 Å². The van der Waals surface area contributed by atoms with E-state index in [0.717, 1.165) is 30.9 Å². The van der Waals surface area contributed by atoms with Gasteiger partial charge < -0.3 is 20.5 Å². The number of rotatable bonds is 7. The number of carbonyl (C=O) groups excluding carboxylic acids is 2. The molecule has 0 saturated carbocycles. The number of nitrogens with one attached hydrogen (secondary N) is 4. The van der Waals surface area contributed by atoms with Crippen LogP contribution in [0.1, 0.15) is 46.7 Å². The highest BCUT2D eigenvalue weighted by atomic mass is 19.1. The minimum Gasteiger partial charge on any atom is -0.358 e. The number of halogens is 1. The number of anilines is 1. The number of carbonyl (C=O) groups is 2. The molecular weight excluding hydrogens is 371 g/mol. The monoisotopic (exact) mass is 399 g/mol. The van der Waals surface area contributed by atoms with Crippen molar-refractivity contribution in [3.63, 3.8) is 0 Å². The second-order valence-corrected chi connectivity index (χ2v) is 7.33. The van der Waals surface area contributed by atoms with E-state index in [4.69, 9.17) is 0 Å². The molecule has 0 spiro atoms. The van der Waals surface area contributed by atoms with Crippen molar-refractivity contribution in [2.75, 3.05) is 31.5 Å². The van der Waals surface area contributed by atoms with Gasteiger partial charge in [0.25, 0.3) is 11.8 Å². The summed E-state index contributed by atoms with van der Waals surface area (Å²) < 4.78 is 13.7. The van der Waals surface area contributed by atoms with Crippen molar-refractivity contribution in [1.82, 2.24) is 10.3 Å². The molecule has 1 aromatic heterocycles. The van der Waals surface area contributed by atoms with Gasteiger partial charge in [-0.2, -0.15) is 0 Å². The maximum atomic E-state index is 13.7. The number of quaternary nitrogens is 1. The zero-order valence-electron chi connectivity index (χ0n) is 17.3. The van der Waals surface area contributed by atoms with E-state index >= 15 is 0 Å². The Hall–Kier alpha value is -2.93. The minimum absolute atomic E-state index is 0.130. The molecule has 0 radical (unpaired) electrons. The van der Waals surface area contributed by atoms with Gasteiger partial charge in [0.1, 0.15) is 5.82 Å². The largest absolute Gasteiger partial charge is 0.358 e. The molecule has 1 aliphatic heterocycles. The first kappa shape index (κ1) is 20.8. The molecule has 2 heterocycles. The smallest absolute Gasteiger partial charge is 0.256 e. The van der Waals surface area contributed by atoms with Crippen molar-refractivity contribution >= 4 is 29.2 Å². The zero-order chi connectivity index (χ0) is 21.1. The molecule has 0 atom stereocenters. The first-order valence-electron chi connectivity index (χ1n) is 9.99. The van der Waals surface area contributed by atoms with Crippen molar-refractivity contribution < 1.29 is 18.9 Å². The van der Waals surface area contributed by atoms with E-state index in [9.17, 15) is 14.0 Å². The molecule has 154 valence electrons. The first-order valence-corrected chi connectivity index (χ1v) is 9.99. The molecule has 0 unspecified atom stereocenters. The van der Waals surface area contributed by atoms with Crippen LogP contribution in [0.2, 0.25) is 0 Å². The van der Waals surface area contributed by atoms with Gasteiger partial charge >= 0.3 is 0 Å². The molecular formula is C22H28FN4O2+. The molecule has 0 fully saturated rings. The van der Waals surface area contributed by atoms with Crippen molar-refractivity contribution in [3.05, 3.63) is 52.1 Å². The lowest BCUT2D eigenvalue weighted by molar-refractivity contribution is -0.895. The average molecular weight is 399 g/mol. The van der Waals surface area contributed by atoms with Crippen LogP contribution in [-0.2, 0) is 4.79 Å². The Balaban J connectivity index is 1.83. The minimum atomic E-state index is -0.402. The number of benzene rings is 1. The number of hydrogen-bond acceptors (Lipinski definition) is 2. The lowest BCUT2D eigenvalue weighted by Gasteiger charge is -2.15. The van der Waals surface area contributed by atoms with E-state index < -0.39 is 5.82 Å². The lowest BCUT2D eigenvalue weighted by atomic mass is 10.0. The van der Waals surface area contributed by atoms with Gasteiger partial charge in [-0.05, 0) is 57.5 Å². The molecule has 3 rings (SSSR count). The standard InChI is InChI=1S/C22H27FN4O2/c1-5-27(6-2)10-9-24-22(29)20-13(3)19(25-14(20)4)12-17-16-11-15(23)7-8-18(16)26-21(17)28/h7-8,11-12,25H,5-6,9-10H2,1-4H3,(H,24,29)(H,26,28)/p+1/b17-12-. The highest BCUT2D eigenvalue weighted by Gasteiger charge is 2.26. The van der Waals surface area contributed by atoms with Gasteiger partial charge in [-0.1, -0.05) is 0 Å². The molecule has 0 bridgehead atoms. The predicted octanol–water partition coefficient (Wildman–Crippen LogP) is 1.92. The summed E-state index contributed by atoms with van der Waals surface area (Å²) in [5.74, 6) is -0.818. The van der Waals surface area contributed by atoms with Crippen LogP contribution in [0.5, 0.6) is 0 Å². The van der Waals surface area contributed by atoms with E-state index in [2.05, 4.69) is 29.5 Å². The Kier molecular flexibility index (Phi) is 6.17. The third-order valence-electron chi connectivity index (χ3n) is 5.52. The summed E-state index contributed by atoms with van der Waals surface area (Å²) in [6.07, 6.45) is 1.68. The summed E-state index contributed by atoms with van der Waals surface area (Å²) in [6.45, 7) is 11.5. The third-order valence-corrected chi connectivity index (χ3v) is 5.52. The molecule has 7 heteroatoms. The summed E-state index contributed by atoms with van der Waals surface area (Å²) in [6, 6.07) is 4.20. The Bertz CT molecular complexity index is 973. The van der Waals surface area contributed by atoms with Gasteiger partial charge in [-0.3, -0.25) is 9.59 Å². The van der Waals surface area contributed by atoms with Crippen LogP contribution in [-0.4, -0.2) is 43.0 Å². The summed E-state index contributed by atoms with van der Waals surface area (Å²) in [4.78, 5) is 29.7. The molecule has 29 heavy (non-hydrogen) atoms. The van der Waals surface area contributed by atoms with Crippen LogP contribution in [0.3, 0.4) is 0 Å². The highest BCUT2D eigenvalue weighted by molar-refractivity contribution is 6.34. The van der Waals surface area contributed by atoms with Crippen LogP contribution < -0.4 is 15.5 Å². The molecule has 2 aromatic rings. The summed E-state index contributed by atoms with van der Waals surface area (Å²) >= 11 is 0. The molecule has 1 aromatic carbocycles. The fourth-order valence-corrected chi connectivity index (χ4v) is 3.75. The van der Waals surface area contributed by atoms with E-state index in [-0.39, 0.29) is 11.8 Å². The van der Waals surface area contributed by atoms with Gasteiger partial charge in [0.05, 0.1) is 37.3 Å². The molecule has 2 amide bonds. The van der Waals surface area contributed by atoms with Crippen LogP contribution in [0.15, 0.2) is 18.2 Å². The Morgan fingerprint density at radius 3 is 2.66 bits per heavy atom. The molecule has 0 saturated heterocycles. The number of amides is 2. The summed E-state index contributed by atoms with van der Waals surface area (Å²) in [5.41, 5.74) is 4.24. The quantitative estimate of drug-likeness (QED) is 0.537. The van der Waals surface area contributed by atoms with Crippen LogP contribution in [0, 0.1) is 19.7 Å². The Morgan fingerprint density at radius 2 is 1.97 bits per heavy atom.